The fourth-order valence-electron chi connectivity index (χ4n) is 11.6. The smallest absolute Gasteiger partial charge is 0.252 e. The van der Waals surface area contributed by atoms with Crippen LogP contribution in [0.4, 0.5) is 0 Å². The SMILES string of the molecule is CC(=O)[C@@H]1C[C@@H]2CCCC[C@@H]2CN1C[C@@H](O)[C@H](CSc1ccccc1)NC(=O)c1cccc(C)c1C.CC(=O)[C@@H]1C[C@@H]2CCCC[C@@H]2CN1C[C@@H](O)[C@H](CSc1ccccc1)NC(=O)c1cccc(O)c1C. The lowest BCUT2D eigenvalue weighted by Crippen LogP contribution is -2.56. The van der Waals surface area contributed by atoms with Crippen LogP contribution in [0.5, 0.6) is 5.75 Å². The molecule has 0 spiro atoms. The second-order valence-corrected chi connectivity index (χ2v) is 23.2. The molecule has 8 rings (SSSR count). The molecule has 2 amide bonds. The number of hydrogen-bond acceptors (Lipinski definition) is 11. The molecule has 2 saturated heterocycles. The molecule has 5 N–H and O–H groups in total. The van der Waals surface area contributed by atoms with Gasteiger partial charge in [0.15, 0.2) is 0 Å². The number of nitrogens with zero attached hydrogens (tertiary/aromatic N) is 2. The number of benzene rings is 4. The molecule has 2 saturated carbocycles. The molecule has 13 heteroatoms. The molecule has 10 atom stereocenters. The Morgan fingerprint density at radius 3 is 1.39 bits per heavy atom. The molecule has 4 aromatic carbocycles. The van der Waals surface area contributed by atoms with E-state index in [2.05, 4.69) is 20.4 Å². The molecule has 388 valence electrons. The van der Waals surface area contributed by atoms with E-state index >= 15 is 0 Å². The third kappa shape index (κ3) is 14.8. The summed E-state index contributed by atoms with van der Waals surface area (Å²) >= 11 is 3.21. The molecule has 2 heterocycles. The summed E-state index contributed by atoms with van der Waals surface area (Å²) in [6, 6.07) is 29.3. The topological polar surface area (TPSA) is 160 Å². The quantitative estimate of drug-likeness (QED) is 0.0605. The van der Waals surface area contributed by atoms with E-state index in [0.717, 1.165) is 46.8 Å². The van der Waals surface area contributed by atoms with Crippen LogP contribution in [0.15, 0.2) is 107 Å². The van der Waals surface area contributed by atoms with Crippen LogP contribution in [0.1, 0.15) is 115 Å². The summed E-state index contributed by atoms with van der Waals surface area (Å²) in [5, 5.41) is 39.1. The zero-order valence-corrected chi connectivity index (χ0v) is 44.6. The summed E-state index contributed by atoms with van der Waals surface area (Å²) in [5.41, 5.74) is 3.56. The van der Waals surface area contributed by atoms with Crippen LogP contribution in [0.3, 0.4) is 0 Å². The summed E-state index contributed by atoms with van der Waals surface area (Å²) < 4.78 is 0. The predicted molar refractivity (Wildman–Crippen MR) is 290 cm³/mol. The monoisotopic (exact) mass is 1020 g/mol. The van der Waals surface area contributed by atoms with Crippen LogP contribution in [0, 0.1) is 44.4 Å². The third-order valence-corrected chi connectivity index (χ3v) is 18.4. The first-order valence-electron chi connectivity index (χ1n) is 26.3. The van der Waals surface area contributed by atoms with E-state index in [0.29, 0.717) is 65.0 Å². The van der Waals surface area contributed by atoms with Gasteiger partial charge in [-0.05, 0) is 138 Å². The number of rotatable bonds is 18. The van der Waals surface area contributed by atoms with E-state index in [-0.39, 0.29) is 41.2 Å². The number of aliphatic hydroxyl groups excluding tert-OH is 2. The highest BCUT2D eigenvalue weighted by Gasteiger charge is 2.42. The van der Waals surface area contributed by atoms with Crippen LogP contribution in [-0.2, 0) is 9.59 Å². The molecule has 0 aromatic heterocycles. The Hall–Kier alpha value is -4.50. The number of β-amino-alcohol motifs (C(OH)–C–C–N with tert-alkyl or cyclic N) is 2. The van der Waals surface area contributed by atoms with Crippen molar-refractivity contribution in [3.63, 3.8) is 0 Å². The average molecular weight is 1020 g/mol. The van der Waals surface area contributed by atoms with Gasteiger partial charge in [-0.3, -0.25) is 29.0 Å². The van der Waals surface area contributed by atoms with Gasteiger partial charge in [0.25, 0.3) is 11.8 Å². The zero-order valence-electron chi connectivity index (χ0n) is 43.0. The number of hydrogen-bond donors (Lipinski definition) is 5. The Kier molecular flexibility index (Phi) is 20.4. The van der Waals surface area contributed by atoms with E-state index in [1.165, 1.54) is 51.4 Å². The number of amides is 2. The van der Waals surface area contributed by atoms with Crippen molar-refractivity contribution in [2.75, 3.05) is 37.7 Å². The fourth-order valence-corrected chi connectivity index (χ4v) is 13.7. The Balaban J connectivity index is 0.000000211. The Labute approximate surface area is 436 Å². The summed E-state index contributed by atoms with van der Waals surface area (Å²) in [6.45, 7) is 11.4. The van der Waals surface area contributed by atoms with Crippen LogP contribution in [0.25, 0.3) is 0 Å². The van der Waals surface area contributed by atoms with Gasteiger partial charge in [0.2, 0.25) is 0 Å². The number of fused-ring (bicyclic) bond motifs is 2. The molecular formula is C59H78N4O7S2. The van der Waals surface area contributed by atoms with Gasteiger partial charge in [-0.2, -0.15) is 0 Å². The lowest BCUT2D eigenvalue weighted by atomic mass is 9.72. The van der Waals surface area contributed by atoms with Crippen LogP contribution < -0.4 is 10.6 Å². The minimum atomic E-state index is -0.843. The number of ketones is 2. The number of nitrogens with one attached hydrogen (secondary N) is 2. The van der Waals surface area contributed by atoms with Crippen LogP contribution in [-0.4, -0.2) is 123 Å². The first-order chi connectivity index (χ1) is 34.7. The number of carbonyl (C=O) groups excluding carboxylic acids is 4. The fraction of sp³-hybridized carbons (Fsp3) is 0.525. The first kappa shape index (κ1) is 55.3. The molecule has 11 nitrogen and oxygen atoms in total. The number of carbonyl (C=O) groups is 4. The highest BCUT2D eigenvalue weighted by atomic mass is 32.2. The van der Waals surface area contributed by atoms with Crippen molar-refractivity contribution in [3.8, 4) is 5.75 Å². The minimum absolute atomic E-state index is 0.0676. The molecule has 0 radical (unpaired) electrons. The zero-order chi connectivity index (χ0) is 51.3. The van der Waals surface area contributed by atoms with Crippen molar-refractivity contribution in [2.24, 2.45) is 23.7 Å². The second kappa shape index (κ2) is 26.6. The summed E-state index contributed by atoms with van der Waals surface area (Å²) in [4.78, 5) is 58.1. The molecule has 72 heavy (non-hydrogen) atoms. The lowest BCUT2D eigenvalue weighted by molar-refractivity contribution is -0.127. The maximum absolute atomic E-state index is 13.3. The van der Waals surface area contributed by atoms with E-state index < -0.39 is 24.3 Å². The molecule has 0 bridgehead atoms. The first-order valence-corrected chi connectivity index (χ1v) is 28.3. The number of aryl methyl sites for hydroxylation is 1. The number of piperidine rings is 2. The van der Waals surface area contributed by atoms with Gasteiger partial charge in [0, 0.05) is 64.2 Å². The van der Waals surface area contributed by atoms with Gasteiger partial charge in [0.1, 0.15) is 17.3 Å². The minimum Gasteiger partial charge on any atom is -0.508 e. The number of aliphatic hydroxyl groups is 2. The van der Waals surface area contributed by atoms with Gasteiger partial charge in [-0.15, -0.1) is 23.5 Å². The molecule has 4 aromatic rings. The van der Waals surface area contributed by atoms with Gasteiger partial charge in [0.05, 0.1) is 36.4 Å². The van der Waals surface area contributed by atoms with E-state index in [1.54, 1.807) is 62.5 Å². The van der Waals surface area contributed by atoms with Gasteiger partial charge in [-0.1, -0.05) is 93.1 Å². The van der Waals surface area contributed by atoms with Crippen LogP contribution >= 0.6 is 23.5 Å². The number of aromatic hydroxyl groups is 1. The third-order valence-electron chi connectivity index (χ3n) is 16.1. The molecular weight excluding hydrogens is 941 g/mol. The number of phenols is 1. The Bertz CT molecular complexity index is 2260. The Morgan fingerprint density at radius 1 is 0.556 bits per heavy atom. The van der Waals surface area contributed by atoms with Crippen molar-refractivity contribution in [1.82, 2.24) is 20.4 Å². The van der Waals surface area contributed by atoms with Crippen molar-refractivity contribution >= 4 is 46.9 Å². The lowest BCUT2D eigenvalue weighted by Gasteiger charge is -2.46. The average Bonchev–Trinajstić information content (AvgIpc) is 3.38. The molecule has 2 aliphatic heterocycles. The largest absolute Gasteiger partial charge is 0.508 e. The maximum atomic E-state index is 13.3. The predicted octanol–water partition coefficient (Wildman–Crippen LogP) is 9.45. The molecule has 4 aliphatic rings. The number of Topliss-reactive ketones (excluding diaryl/α,β-unsaturated/α-hetero) is 2. The summed E-state index contributed by atoms with van der Waals surface area (Å²) in [5.74, 6) is 3.34. The van der Waals surface area contributed by atoms with E-state index in [4.69, 9.17) is 0 Å². The maximum Gasteiger partial charge on any atom is 0.252 e. The standard InChI is InChI=1S/C30H40N2O3S.C29H38N2O4S/c1-20-10-9-15-26(21(20)2)30(35)31-27(19-36-25-13-5-4-6-14-25)29(34)18-32-17-24-12-8-7-11-23(24)16-28(32)22(3)33;1-19-24(13-8-14-27(19)33)29(35)30-25(18-36-23-11-4-3-5-12-23)28(34)17-31-16-22-10-7-6-9-21(22)15-26(31)20(2)32/h4-6,9-10,13-15,23-24,27-29,34H,7-8,11-12,16-19H2,1-3H3,(H,31,35);3-5,8,11-14,21-22,25-26,28,33-34H,6-7,9-10,15-18H2,1-2H3,(H,30,35)/t23-,24+,27-,28-,29+;21-,22+,25-,26-,28+/m00/s1. The summed E-state index contributed by atoms with van der Waals surface area (Å²) in [7, 11) is 0. The highest BCUT2D eigenvalue weighted by Crippen LogP contribution is 2.40. The van der Waals surface area contributed by atoms with Crippen molar-refractivity contribution in [3.05, 3.63) is 125 Å². The van der Waals surface area contributed by atoms with Crippen molar-refractivity contribution < 1.29 is 34.5 Å². The van der Waals surface area contributed by atoms with Gasteiger partial charge in [-0.25, -0.2) is 0 Å². The number of phenolic OH excluding ortho intramolecular Hbond substituents is 1. The Morgan fingerprint density at radius 2 is 0.958 bits per heavy atom. The normalized spacial score (nSPS) is 23.9. The number of thioether (sulfide) groups is 2. The van der Waals surface area contributed by atoms with Gasteiger partial charge >= 0.3 is 0 Å². The molecule has 4 fully saturated rings. The van der Waals surface area contributed by atoms with E-state index in [1.807, 2.05) is 92.7 Å². The number of likely N-dealkylation sites (tertiary alicyclic amines) is 2. The van der Waals surface area contributed by atoms with Crippen molar-refractivity contribution in [1.29, 1.82) is 0 Å². The van der Waals surface area contributed by atoms with Crippen molar-refractivity contribution in [2.45, 2.75) is 145 Å². The molecule has 2 aliphatic carbocycles. The summed E-state index contributed by atoms with van der Waals surface area (Å²) in [6.07, 6.45) is 9.93. The van der Waals surface area contributed by atoms with Crippen LogP contribution in [0.2, 0.25) is 0 Å². The molecule has 0 unspecified atom stereocenters. The second-order valence-electron chi connectivity index (χ2n) is 21.0. The van der Waals surface area contributed by atoms with E-state index in [9.17, 15) is 34.5 Å². The highest BCUT2D eigenvalue weighted by molar-refractivity contribution is 7.99. The van der Waals surface area contributed by atoms with Gasteiger partial charge < -0.3 is 26.0 Å².